The van der Waals surface area contributed by atoms with Gasteiger partial charge in [0.1, 0.15) is 11.8 Å². The number of hydrogen-bond acceptors (Lipinski definition) is 4. The zero-order chi connectivity index (χ0) is 17.8. The molecule has 0 radical (unpaired) electrons. The molecule has 2 heterocycles. The van der Waals surface area contributed by atoms with Crippen molar-refractivity contribution in [3.63, 3.8) is 0 Å². The molecule has 0 saturated heterocycles. The van der Waals surface area contributed by atoms with E-state index in [9.17, 15) is 14.4 Å². The van der Waals surface area contributed by atoms with Gasteiger partial charge in [0.2, 0.25) is 0 Å². The normalized spacial score (nSPS) is 15.8. The number of nitrogens with zero attached hydrogens (tertiary/aromatic N) is 1. The van der Waals surface area contributed by atoms with Crippen LogP contribution in [0, 0.1) is 0 Å². The smallest absolute Gasteiger partial charge is 0.310 e. The van der Waals surface area contributed by atoms with E-state index < -0.39 is 17.9 Å². The van der Waals surface area contributed by atoms with Gasteiger partial charge >= 0.3 is 11.8 Å². The van der Waals surface area contributed by atoms with Crippen LogP contribution in [0.2, 0.25) is 0 Å². The summed E-state index contributed by atoms with van der Waals surface area (Å²) < 4.78 is 5.09. The first kappa shape index (κ1) is 16.8. The summed E-state index contributed by atoms with van der Waals surface area (Å²) in [6.45, 7) is 2.65. The zero-order valence-electron chi connectivity index (χ0n) is 13.8. The Morgan fingerprint density at radius 3 is 2.68 bits per heavy atom. The van der Waals surface area contributed by atoms with Crippen LogP contribution >= 0.6 is 0 Å². The molecule has 7 nitrogen and oxygen atoms in total. The molecule has 1 unspecified atom stereocenters. The van der Waals surface area contributed by atoms with Crippen LogP contribution in [0.15, 0.2) is 47.1 Å². The molecule has 2 N–H and O–H groups in total. The van der Waals surface area contributed by atoms with Gasteiger partial charge in [-0.3, -0.25) is 14.4 Å². The molecule has 1 aromatic heterocycles. The lowest BCUT2D eigenvalue weighted by atomic mass is 10.1. The van der Waals surface area contributed by atoms with Crippen molar-refractivity contribution in [2.24, 2.45) is 0 Å². The van der Waals surface area contributed by atoms with Gasteiger partial charge < -0.3 is 20.0 Å². The van der Waals surface area contributed by atoms with Crippen LogP contribution in [0.1, 0.15) is 30.7 Å². The summed E-state index contributed by atoms with van der Waals surface area (Å²) >= 11 is 0. The van der Waals surface area contributed by atoms with Crippen LogP contribution in [-0.2, 0) is 20.9 Å². The summed E-state index contributed by atoms with van der Waals surface area (Å²) in [5.74, 6) is -1.35. The molecular weight excluding hydrogens is 322 g/mol. The summed E-state index contributed by atoms with van der Waals surface area (Å²) in [4.78, 5) is 38.4. The molecule has 3 amide bonds. The average Bonchev–Trinajstić information content (AvgIpc) is 3.22. The summed E-state index contributed by atoms with van der Waals surface area (Å²) in [5, 5.41) is 4.99. The molecule has 0 spiro atoms. The summed E-state index contributed by atoms with van der Waals surface area (Å²) in [5.41, 5.74) is 1.48. The minimum atomic E-state index is -0.849. The molecule has 0 saturated carbocycles. The van der Waals surface area contributed by atoms with E-state index in [0.717, 1.165) is 12.1 Å². The number of anilines is 1. The number of hydrogen-bond donors (Lipinski definition) is 2. The zero-order valence-corrected chi connectivity index (χ0v) is 13.8. The second-order valence-electron chi connectivity index (χ2n) is 5.72. The Morgan fingerprint density at radius 1 is 1.16 bits per heavy atom. The monoisotopic (exact) mass is 341 g/mol. The number of fused-ring (bicyclic) bond motifs is 1. The highest BCUT2D eigenvalue weighted by Gasteiger charge is 2.38. The van der Waals surface area contributed by atoms with Gasteiger partial charge in [-0.15, -0.1) is 0 Å². The van der Waals surface area contributed by atoms with E-state index in [-0.39, 0.29) is 12.5 Å². The number of furan rings is 1. The van der Waals surface area contributed by atoms with Crippen molar-refractivity contribution >= 4 is 23.4 Å². The average molecular weight is 341 g/mol. The van der Waals surface area contributed by atoms with E-state index >= 15 is 0 Å². The van der Waals surface area contributed by atoms with Gasteiger partial charge in [-0.05, 0) is 24.6 Å². The number of carbonyl (C=O) groups excluding carboxylic acids is 3. The molecule has 1 aromatic carbocycles. The Morgan fingerprint density at radius 2 is 1.96 bits per heavy atom. The SMILES string of the molecule is CCCN1C(=O)C(NC(=O)C(=O)NCc2ccco2)c2ccccc21. The summed E-state index contributed by atoms with van der Waals surface area (Å²) in [6.07, 6.45) is 2.28. The fourth-order valence-corrected chi connectivity index (χ4v) is 2.84. The standard InChI is InChI=1S/C18H19N3O4/c1-2-9-21-14-8-4-3-7-13(14)15(18(21)24)20-17(23)16(22)19-11-12-6-5-10-25-12/h3-8,10,15H,2,9,11H2,1H3,(H,19,22)(H,20,23). The Balaban J connectivity index is 1.68. The largest absolute Gasteiger partial charge is 0.467 e. The summed E-state index contributed by atoms with van der Waals surface area (Å²) in [7, 11) is 0. The predicted octanol–water partition coefficient (Wildman–Crippen LogP) is 1.51. The van der Waals surface area contributed by atoms with Gasteiger partial charge in [0.15, 0.2) is 0 Å². The van der Waals surface area contributed by atoms with Gasteiger partial charge in [-0.1, -0.05) is 25.1 Å². The van der Waals surface area contributed by atoms with Gasteiger partial charge in [-0.25, -0.2) is 0 Å². The third kappa shape index (κ3) is 3.40. The fraction of sp³-hybridized carbons (Fsp3) is 0.278. The number of amides is 3. The van der Waals surface area contributed by atoms with Gasteiger partial charge in [0.05, 0.1) is 12.8 Å². The van der Waals surface area contributed by atoms with E-state index in [4.69, 9.17) is 4.42 Å². The second kappa shape index (κ2) is 7.21. The van der Waals surface area contributed by atoms with E-state index in [1.807, 2.05) is 19.1 Å². The summed E-state index contributed by atoms with van der Waals surface area (Å²) in [6, 6.07) is 9.81. The molecule has 2 aromatic rings. The molecule has 0 bridgehead atoms. The molecule has 0 aliphatic carbocycles. The lowest BCUT2D eigenvalue weighted by Gasteiger charge is -2.17. The third-order valence-corrected chi connectivity index (χ3v) is 3.98. The fourth-order valence-electron chi connectivity index (χ4n) is 2.84. The van der Waals surface area contributed by atoms with Crippen LogP contribution in [-0.4, -0.2) is 24.3 Å². The Labute approximate surface area is 145 Å². The third-order valence-electron chi connectivity index (χ3n) is 3.98. The lowest BCUT2D eigenvalue weighted by Crippen LogP contribution is -2.44. The minimum absolute atomic E-state index is 0.108. The first-order chi connectivity index (χ1) is 12.1. The molecule has 130 valence electrons. The van der Waals surface area contributed by atoms with Crippen molar-refractivity contribution in [2.45, 2.75) is 25.9 Å². The van der Waals surface area contributed by atoms with E-state index in [0.29, 0.717) is 17.9 Å². The maximum Gasteiger partial charge on any atom is 0.310 e. The Hall–Kier alpha value is -3.09. The van der Waals surface area contributed by atoms with Crippen LogP contribution in [0.4, 0.5) is 5.69 Å². The number of carbonyl (C=O) groups is 3. The number of para-hydroxylation sites is 1. The highest BCUT2D eigenvalue weighted by atomic mass is 16.3. The molecule has 25 heavy (non-hydrogen) atoms. The highest BCUT2D eigenvalue weighted by Crippen LogP contribution is 2.35. The highest BCUT2D eigenvalue weighted by molar-refractivity contribution is 6.35. The maximum absolute atomic E-state index is 12.6. The first-order valence-corrected chi connectivity index (χ1v) is 8.13. The van der Waals surface area contributed by atoms with Crippen LogP contribution < -0.4 is 15.5 Å². The minimum Gasteiger partial charge on any atom is -0.467 e. The van der Waals surface area contributed by atoms with Gasteiger partial charge in [0, 0.05) is 17.8 Å². The van der Waals surface area contributed by atoms with Crippen molar-refractivity contribution in [3.8, 4) is 0 Å². The molecule has 1 aliphatic heterocycles. The lowest BCUT2D eigenvalue weighted by molar-refractivity contribution is -0.140. The maximum atomic E-state index is 12.6. The van der Waals surface area contributed by atoms with Crippen LogP contribution in [0.25, 0.3) is 0 Å². The number of nitrogens with one attached hydrogen (secondary N) is 2. The number of benzene rings is 1. The van der Waals surface area contributed by atoms with Gasteiger partial charge in [0.25, 0.3) is 5.91 Å². The first-order valence-electron chi connectivity index (χ1n) is 8.13. The molecule has 3 rings (SSSR count). The van der Waals surface area contributed by atoms with E-state index in [1.165, 1.54) is 6.26 Å². The second-order valence-corrected chi connectivity index (χ2v) is 5.72. The van der Waals surface area contributed by atoms with Crippen molar-refractivity contribution in [3.05, 3.63) is 54.0 Å². The van der Waals surface area contributed by atoms with Crippen molar-refractivity contribution in [1.29, 1.82) is 0 Å². The molecular formula is C18H19N3O4. The molecule has 7 heteroatoms. The Kier molecular flexibility index (Phi) is 4.83. The van der Waals surface area contributed by atoms with Crippen LogP contribution in [0.5, 0.6) is 0 Å². The molecule has 1 aliphatic rings. The predicted molar refractivity (Wildman–Crippen MR) is 90.5 cm³/mol. The quantitative estimate of drug-likeness (QED) is 0.807. The van der Waals surface area contributed by atoms with E-state index in [1.54, 1.807) is 29.2 Å². The van der Waals surface area contributed by atoms with Crippen LogP contribution in [0.3, 0.4) is 0 Å². The van der Waals surface area contributed by atoms with Crippen molar-refractivity contribution in [1.82, 2.24) is 10.6 Å². The Bertz CT molecular complexity index is 785. The molecule has 0 fully saturated rings. The van der Waals surface area contributed by atoms with E-state index in [2.05, 4.69) is 10.6 Å². The van der Waals surface area contributed by atoms with Crippen molar-refractivity contribution < 1.29 is 18.8 Å². The van der Waals surface area contributed by atoms with Crippen molar-refractivity contribution in [2.75, 3.05) is 11.4 Å². The topological polar surface area (TPSA) is 91.7 Å². The van der Waals surface area contributed by atoms with Gasteiger partial charge in [-0.2, -0.15) is 0 Å². The number of rotatable bonds is 5. The molecule has 1 atom stereocenters.